The van der Waals surface area contributed by atoms with Gasteiger partial charge in [0.25, 0.3) is 5.60 Å². The molecule has 1 N–H and O–H groups in total. The molecule has 0 aliphatic heterocycles. The molecule has 6 atom stereocenters. The average Bonchev–Trinajstić information content (AvgIpc) is 2.83. The van der Waals surface area contributed by atoms with E-state index in [2.05, 4.69) is 0 Å². The Bertz CT molecular complexity index is 467. The van der Waals surface area contributed by atoms with E-state index in [1.165, 1.54) is 0 Å². The molecular formula is C15H20F6O. The lowest BCUT2D eigenvalue weighted by Crippen LogP contribution is -2.63. The van der Waals surface area contributed by atoms with Crippen molar-refractivity contribution < 1.29 is 31.4 Å². The third-order valence-corrected chi connectivity index (χ3v) is 6.74. The molecule has 0 saturated heterocycles. The Morgan fingerprint density at radius 2 is 1.55 bits per heavy atom. The molecule has 128 valence electrons. The third kappa shape index (κ3) is 1.66. The molecule has 3 saturated carbocycles. The van der Waals surface area contributed by atoms with Crippen LogP contribution in [0.5, 0.6) is 0 Å². The molecule has 3 fully saturated rings. The minimum atomic E-state index is -5.69. The van der Waals surface area contributed by atoms with Crippen LogP contribution in [0.4, 0.5) is 26.3 Å². The molecule has 0 heterocycles. The van der Waals surface area contributed by atoms with Gasteiger partial charge in [0.2, 0.25) is 0 Å². The van der Waals surface area contributed by atoms with Crippen molar-refractivity contribution in [3.8, 4) is 0 Å². The zero-order valence-electron chi connectivity index (χ0n) is 12.6. The molecular weight excluding hydrogens is 310 g/mol. The molecule has 3 aliphatic carbocycles. The number of hydrogen-bond donors (Lipinski definition) is 1. The number of rotatable bonds is 3. The zero-order chi connectivity index (χ0) is 16.9. The fourth-order valence-corrected chi connectivity index (χ4v) is 5.81. The van der Waals surface area contributed by atoms with Crippen LogP contribution in [0.25, 0.3) is 0 Å². The highest BCUT2D eigenvalue weighted by Crippen LogP contribution is 2.89. The van der Waals surface area contributed by atoms with Crippen LogP contribution >= 0.6 is 0 Å². The Hall–Kier alpha value is -0.460. The standard InChI is InChI=1S/C15H20F6O/c1-6(2)9-10-7(3)12(10)4-8(11(9)12)5-13(22,14(16,17)18)15(19,20)21/h6-11,22H,4-5H2,1-3H3. The fourth-order valence-electron chi connectivity index (χ4n) is 5.81. The summed E-state index contributed by atoms with van der Waals surface area (Å²) >= 11 is 0. The molecule has 0 radical (unpaired) electrons. The zero-order valence-corrected chi connectivity index (χ0v) is 12.6. The number of hydrogen-bond acceptors (Lipinski definition) is 1. The van der Waals surface area contributed by atoms with Gasteiger partial charge < -0.3 is 5.11 Å². The summed E-state index contributed by atoms with van der Waals surface area (Å²) in [5, 5.41) is 9.39. The van der Waals surface area contributed by atoms with Gasteiger partial charge in [-0.2, -0.15) is 26.3 Å². The van der Waals surface area contributed by atoms with Gasteiger partial charge in [-0.3, -0.25) is 0 Å². The fraction of sp³-hybridized carbons (Fsp3) is 1.00. The average molecular weight is 330 g/mol. The van der Waals surface area contributed by atoms with E-state index in [0.29, 0.717) is 18.3 Å². The van der Waals surface area contributed by atoms with Crippen LogP contribution in [0.3, 0.4) is 0 Å². The Labute approximate surface area is 125 Å². The van der Waals surface area contributed by atoms with E-state index in [1.807, 2.05) is 20.8 Å². The molecule has 1 nitrogen and oxygen atoms in total. The van der Waals surface area contributed by atoms with Gasteiger partial charge in [-0.05, 0) is 53.8 Å². The summed E-state index contributed by atoms with van der Waals surface area (Å²) in [5.41, 5.74) is -4.60. The second-order valence-electron chi connectivity index (χ2n) is 7.80. The predicted molar refractivity (Wildman–Crippen MR) is 66.7 cm³/mol. The van der Waals surface area contributed by atoms with E-state index in [9.17, 15) is 31.4 Å². The molecule has 0 aromatic heterocycles. The molecule has 3 rings (SSSR count). The highest BCUT2D eigenvalue weighted by atomic mass is 19.4. The van der Waals surface area contributed by atoms with Crippen LogP contribution in [0.2, 0.25) is 0 Å². The normalized spacial score (nSPS) is 44.0. The Morgan fingerprint density at radius 3 is 1.95 bits per heavy atom. The Morgan fingerprint density at radius 1 is 1.05 bits per heavy atom. The largest absolute Gasteiger partial charge is 0.426 e. The van der Waals surface area contributed by atoms with Crippen molar-refractivity contribution in [2.75, 3.05) is 0 Å². The summed E-state index contributed by atoms with van der Waals surface area (Å²) in [7, 11) is 0. The summed E-state index contributed by atoms with van der Waals surface area (Å²) in [6.07, 6.45) is -12.3. The summed E-state index contributed by atoms with van der Waals surface area (Å²) in [4.78, 5) is 0. The van der Waals surface area contributed by atoms with Gasteiger partial charge in [0, 0.05) is 0 Å². The van der Waals surface area contributed by atoms with Crippen LogP contribution < -0.4 is 0 Å². The highest BCUT2D eigenvalue weighted by molar-refractivity contribution is 5.32. The van der Waals surface area contributed by atoms with Gasteiger partial charge in [-0.1, -0.05) is 20.8 Å². The molecule has 7 heteroatoms. The van der Waals surface area contributed by atoms with Crippen LogP contribution in [0.15, 0.2) is 0 Å². The highest BCUT2D eigenvalue weighted by Gasteiger charge is 2.86. The maximum Gasteiger partial charge on any atom is 0.426 e. The lowest BCUT2D eigenvalue weighted by molar-refractivity contribution is -0.378. The van der Waals surface area contributed by atoms with Gasteiger partial charge in [0.1, 0.15) is 0 Å². The SMILES string of the molecule is CC(C)C1C2C(CC(O)(C(F)(F)F)C(F)(F)F)CC23C(C)C13. The second kappa shape index (κ2) is 4.14. The van der Waals surface area contributed by atoms with Gasteiger partial charge in [-0.15, -0.1) is 0 Å². The van der Waals surface area contributed by atoms with Crippen molar-refractivity contribution in [3.63, 3.8) is 0 Å². The summed E-state index contributed by atoms with van der Waals surface area (Å²) < 4.78 is 77.0. The van der Waals surface area contributed by atoms with Crippen LogP contribution in [0, 0.1) is 40.9 Å². The van der Waals surface area contributed by atoms with Crippen molar-refractivity contribution >= 4 is 0 Å². The molecule has 3 aliphatic rings. The third-order valence-electron chi connectivity index (χ3n) is 6.74. The van der Waals surface area contributed by atoms with Crippen LogP contribution in [-0.4, -0.2) is 23.1 Å². The van der Waals surface area contributed by atoms with E-state index < -0.39 is 30.3 Å². The quantitative estimate of drug-likeness (QED) is 0.760. The van der Waals surface area contributed by atoms with Crippen LogP contribution in [0.1, 0.15) is 33.6 Å². The lowest BCUT2D eigenvalue weighted by atomic mass is 9.43. The van der Waals surface area contributed by atoms with Gasteiger partial charge in [0.15, 0.2) is 0 Å². The van der Waals surface area contributed by atoms with Crippen molar-refractivity contribution in [1.82, 2.24) is 0 Å². The number of halogens is 6. The summed E-state index contributed by atoms with van der Waals surface area (Å²) in [6, 6.07) is 0. The Balaban J connectivity index is 1.80. The predicted octanol–water partition coefficient (Wildman–Crippen LogP) is 4.41. The van der Waals surface area contributed by atoms with Gasteiger partial charge in [0.05, 0.1) is 0 Å². The van der Waals surface area contributed by atoms with Gasteiger partial charge in [-0.25, -0.2) is 0 Å². The van der Waals surface area contributed by atoms with E-state index in [0.717, 1.165) is 0 Å². The van der Waals surface area contributed by atoms with E-state index in [1.54, 1.807) is 0 Å². The minimum Gasteiger partial charge on any atom is -0.374 e. The smallest absolute Gasteiger partial charge is 0.374 e. The second-order valence-corrected chi connectivity index (χ2v) is 7.80. The maximum atomic E-state index is 12.8. The molecule has 0 bridgehead atoms. The number of aliphatic hydroxyl groups is 1. The first-order valence-electron chi connectivity index (χ1n) is 7.65. The first-order valence-corrected chi connectivity index (χ1v) is 7.65. The van der Waals surface area contributed by atoms with Crippen LogP contribution in [-0.2, 0) is 0 Å². The molecule has 0 aromatic rings. The molecule has 6 unspecified atom stereocenters. The van der Waals surface area contributed by atoms with Crippen molar-refractivity contribution in [2.45, 2.75) is 51.6 Å². The first-order chi connectivity index (χ1) is 9.79. The maximum absolute atomic E-state index is 12.8. The molecule has 22 heavy (non-hydrogen) atoms. The topological polar surface area (TPSA) is 20.2 Å². The molecule has 0 amide bonds. The first kappa shape index (κ1) is 16.4. The van der Waals surface area contributed by atoms with E-state index in [-0.39, 0.29) is 23.2 Å². The number of alkyl halides is 6. The van der Waals surface area contributed by atoms with Crippen molar-refractivity contribution in [1.29, 1.82) is 0 Å². The Kier molecular flexibility index (Phi) is 3.08. The summed E-state index contributed by atoms with van der Waals surface area (Å²) in [6.45, 7) is 5.97. The summed E-state index contributed by atoms with van der Waals surface area (Å²) in [5.74, 6) is 0.510. The lowest BCUT2D eigenvalue weighted by Gasteiger charge is -2.61. The van der Waals surface area contributed by atoms with E-state index in [4.69, 9.17) is 0 Å². The van der Waals surface area contributed by atoms with Gasteiger partial charge >= 0.3 is 12.4 Å². The molecule has 0 aromatic carbocycles. The van der Waals surface area contributed by atoms with Crippen molar-refractivity contribution in [3.05, 3.63) is 0 Å². The molecule has 1 spiro atoms. The van der Waals surface area contributed by atoms with Crippen molar-refractivity contribution in [2.24, 2.45) is 40.9 Å². The van der Waals surface area contributed by atoms with E-state index >= 15 is 0 Å². The monoisotopic (exact) mass is 330 g/mol. The minimum absolute atomic E-state index is 0.0162.